The molecule has 0 bridgehead atoms. The van der Waals surface area contributed by atoms with Crippen molar-refractivity contribution in [1.82, 2.24) is 5.32 Å². The summed E-state index contributed by atoms with van der Waals surface area (Å²) in [6, 6.07) is -0.838. The summed E-state index contributed by atoms with van der Waals surface area (Å²) in [5.74, 6) is -3.53. The highest BCUT2D eigenvalue weighted by molar-refractivity contribution is 5.93. The van der Waals surface area contributed by atoms with E-state index in [1.807, 2.05) is 0 Å². The molecule has 1 unspecified atom stereocenters. The van der Waals surface area contributed by atoms with Crippen LogP contribution >= 0.6 is 0 Å². The molecule has 2 saturated carbocycles. The summed E-state index contributed by atoms with van der Waals surface area (Å²) in [6.45, 7) is 6.54. The molecule has 2 aliphatic carbocycles. The van der Waals surface area contributed by atoms with Crippen molar-refractivity contribution >= 4 is 17.8 Å². The average Bonchev–Trinajstić information content (AvgIpc) is 3.16. The first kappa shape index (κ1) is 17.4. The first-order valence-corrected chi connectivity index (χ1v) is 7.54. The fourth-order valence-electron chi connectivity index (χ4n) is 3.51. The number of aliphatic hydroxyl groups is 1. The van der Waals surface area contributed by atoms with Crippen LogP contribution in [-0.2, 0) is 23.9 Å². The summed E-state index contributed by atoms with van der Waals surface area (Å²) in [5.41, 5.74) is 4.09. The topological polar surface area (TPSA) is 128 Å². The molecule has 0 saturated heterocycles. The van der Waals surface area contributed by atoms with Gasteiger partial charge in [0.15, 0.2) is 0 Å². The minimum atomic E-state index is -1.46. The van der Waals surface area contributed by atoms with Crippen molar-refractivity contribution in [1.29, 1.82) is 0 Å². The lowest BCUT2D eigenvalue weighted by Crippen LogP contribution is -2.60. The van der Waals surface area contributed by atoms with E-state index in [1.54, 1.807) is 6.92 Å². The number of esters is 2. The minimum absolute atomic E-state index is 0.0164. The second-order valence-corrected chi connectivity index (χ2v) is 5.97. The van der Waals surface area contributed by atoms with Crippen LogP contribution in [0.2, 0.25) is 0 Å². The summed E-state index contributed by atoms with van der Waals surface area (Å²) < 4.78 is 9.83. The van der Waals surface area contributed by atoms with Gasteiger partial charge >= 0.3 is 11.9 Å². The third-order valence-corrected chi connectivity index (χ3v) is 4.49. The third-order valence-electron chi connectivity index (χ3n) is 4.49. The van der Waals surface area contributed by atoms with Crippen molar-refractivity contribution in [2.24, 2.45) is 23.5 Å². The van der Waals surface area contributed by atoms with Crippen LogP contribution in [0.1, 0.15) is 20.3 Å². The van der Waals surface area contributed by atoms with Crippen LogP contribution in [-0.4, -0.2) is 47.2 Å². The van der Waals surface area contributed by atoms with E-state index in [0.717, 1.165) is 6.26 Å². The van der Waals surface area contributed by atoms with Gasteiger partial charge in [-0.2, -0.15) is 0 Å². The van der Waals surface area contributed by atoms with Crippen molar-refractivity contribution in [3.05, 3.63) is 12.8 Å². The van der Waals surface area contributed by atoms with Crippen molar-refractivity contribution in [3.8, 4) is 0 Å². The number of aliphatic hydroxyl groups excluding tert-OH is 1. The summed E-state index contributed by atoms with van der Waals surface area (Å²) in [6.07, 6.45) is 0.0625. The van der Waals surface area contributed by atoms with Gasteiger partial charge in [-0.05, 0) is 13.8 Å². The Morgan fingerprint density at radius 1 is 1.52 bits per heavy atom. The number of amides is 1. The zero-order valence-corrected chi connectivity index (χ0v) is 13.2. The third kappa shape index (κ3) is 2.84. The Bertz CT molecular complexity index is 534. The molecule has 4 N–H and O–H groups in total. The van der Waals surface area contributed by atoms with Crippen LogP contribution in [0.3, 0.4) is 0 Å². The molecule has 1 amide bonds. The molecular formula is C15H22N2O6. The van der Waals surface area contributed by atoms with Gasteiger partial charge in [0.25, 0.3) is 0 Å². The van der Waals surface area contributed by atoms with Crippen LogP contribution in [0, 0.1) is 17.8 Å². The molecule has 23 heavy (non-hydrogen) atoms. The summed E-state index contributed by atoms with van der Waals surface area (Å²) in [7, 11) is 0. The number of nitrogens with one attached hydrogen (secondary N) is 1. The Kier molecular flexibility index (Phi) is 4.76. The Morgan fingerprint density at radius 3 is 2.70 bits per heavy atom. The number of rotatable bonds is 6. The summed E-state index contributed by atoms with van der Waals surface area (Å²) in [4.78, 5) is 36.5. The van der Waals surface area contributed by atoms with Crippen LogP contribution in [0.5, 0.6) is 0 Å². The fraction of sp³-hybridized carbons (Fsp3) is 0.667. The molecular weight excluding hydrogens is 304 g/mol. The predicted octanol–water partition coefficient (Wildman–Crippen LogP) is -0.935. The van der Waals surface area contributed by atoms with Crippen LogP contribution in [0.15, 0.2) is 12.8 Å². The monoisotopic (exact) mass is 326 g/mol. The van der Waals surface area contributed by atoms with E-state index in [0.29, 0.717) is 0 Å². The SMILES string of the molecule is C=COC(=O)[C@H]1[C@H]2[C@@H]1C(NC(=O)[C@H](C)N)(C(=O)OCC)C[C@@H]2O. The molecule has 0 heterocycles. The molecule has 0 radical (unpaired) electrons. The Labute approximate surface area is 134 Å². The second-order valence-electron chi connectivity index (χ2n) is 5.97. The molecule has 8 heteroatoms. The van der Waals surface area contributed by atoms with Gasteiger partial charge in [0, 0.05) is 18.3 Å². The highest BCUT2D eigenvalue weighted by atomic mass is 16.5. The Balaban J connectivity index is 2.31. The van der Waals surface area contributed by atoms with Crippen molar-refractivity contribution in [3.63, 3.8) is 0 Å². The van der Waals surface area contributed by atoms with E-state index in [9.17, 15) is 19.5 Å². The van der Waals surface area contributed by atoms with Gasteiger partial charge < -0.3 is 25.6 Å². The van der Waals surface area contributed by atoms with Crippen molar-refractivity contribution < 1.29 is 29.0 Å². The lowest BCUT2D eigenvalue weighted by atomic mass is 9.89. The van der Waals surface area contributed by atoms with E-state index in [4.69, 9.17) is 15.2 Å². The highest BCUT2D eigenvalue weighted by Gasteiger charge is 2.76. The summed E-state index contributed by atoms with van der Waals surface area (Å²) in [5, 5.41) is 12.8. The van der Waals surface area contributed by atoms with Gasteiger partial charge in [0.2, 0.25) is 5.91 Å². The van der Waals surface area contributed by atoms with E-state index < -0.39 is 53.3 Å². The van der Waals surface area contributed by atoms with Gasteiger partial charge in [0.1, 0.15) is 5.54 Å². The molecule has 2 aliphatic rings. The molecule has 0 aromatic rings. The number of ether oxygens (including phenoxy) is 2. The smallest absolute Gasteiger partial charge is 0.332 e. The van der Waals surface area contributed by atoms with E-state index in [-0.39, 0.29) is 13.0 Å². The van der Waals surface area contributed by atoms with Crippen LogP contribution in [0.4, 0.5) is 0 Å². The molecule has 0 spiro atoms. The summed E-state index contributed by atoms with van der Waals surface area (Å²) >= 11 is 0. The lowest BCUT2D eigenvalue weighted by Gasteiger charge is -2.32. The number of carbonyl (C=O) groups is 3. The molecule has 0 aromatic heterocycles. The van der Waals surface area contributed by atoms with E-state index in [1.165, 1.54) is 6.92 Å². The first-order valence-electron chi connectivity index (χ1n) is 7.54. The quantitative estimate of drug-likeness (QED) is 0.425. The number of hydrogen-bond acceptors (Lipinski definition) is 7. The largest absolute Gasteiger partial charge is 0.464 e. The normalized spacial score (nSPS) is 35.7. The van der Waals surface area contributed by atoms with Gasteiger partial charge in [-0.1, -0.05) is 6.58 Å². The minimum Gasteiger partial charge on any atom is -0.464 e. The highest BCUT2D eigenvalue weighted by Crippen LogP contribution is 2.63. The number of fused-ring (bicyclic) bond motifs is 1. The number of hydrogen-bond donors (Lipinski definition) is 3. The lowest BCUT2D eigenvalue weighted by molar-refractivity contribution is -0.156. The van der Waals surface area contributed by atoms with Gasteiger partial charge in [-0.3, -0.25) is 9.59 Å². The molecule has 6 atom stereocenters. The van der Waals surface area contributed by atoms with Crippen molar-refractivity contribution in [2.75, 3.05) is 6.61 Å². The van der Waals surface area contributed by atoms with Gasteiger partial charge in [0.05, 0.1) is 30.9 Å². The number of carbonyl (C=O) groups excluding carboxylic acids is 3. The maximum atomic E-state index is 12.5. The number of nitrogens with two attached hydrogens (primary N) is 1. The molecule has 0 aromatic carbocycles. The zero-order chi connectivity index (χ0) is 17.4. The predicted molar refractivity (Wildman–Crippen MR) is 78.5 cm³/mol. The Morgan fingerprint density at radius 2 is 2.17 bits per heavy atom. The maximum Gasteiger partial charge on any atom is 0.332 e. The maximum absolute atomic E-state index is 12.5. The van der Waals surface area contributed by atoms with Gasteiger partial charge in [-0.25, -0.2) is 4.79 Å². The molecule has 0 aliphatic heterocycles. The van der Waals surface area contributed by atoms with E-state index in [2.05, 4.69) is 11.9 Å². The molecule has 2 fully saturated rings. The molecule has 128 valence electrons. The van der Waals surface area contributed by atoms with Crippen molar-refractivity contribution in [2.45, 2.75) is 38.0 Å². The second kappa shape index (κ2) is 6.29. The standard InChI is InChI=1S/C15H22N2O6/c1-4-22-13(20)10-9-8(18)6-15(11(9)10,14(21)23-5-2)17-12(19)7(3)16/h4,7-11,18H,1,5-6,16H2,2-3H3,(H,17,19)/t7-,8-,9-,10-,11-,15?/m0/s1. The fourth-order valence-corrected chi connectivity index (χ4v) is 3.51. The van der Waals surface area contributed by atoms with Gasteiger partial charge in [-0.15, -0.1) is 0 Å². The zero-order valence-electron chi connectivity index (χ0n) is 13.2. The molecule has 2 rings (SSSR count). The van der Waals surface area contributed by atoms with E-state index >= 15 is 0 Å². The molecule has 8 nitrogen and oxygen atoms in total. The van der Waals surface area contributed by atoms with Crippen LogP contribution < -0.4 is 11.1 Å². The average molecular weight is 326 g/mol. The Hall–Kier alpha value is -1.93. The first-order chi connectivity index (χ1) is 10.8. The van der Waals surface area contributed by atoms with Crippen LogP contribution in [0.25, 0.3) is 0 Å².